The summed E-state index contributed by atoms with van der Waals surface area (Å²) in [5.41, 5.74) is 40.5. The normalized spacial score (nSPS) is 12.8. The molecular formula is C84H116N30O12. The van der Waals surface area contributed by atoms with Crippen molar-refractivity contribution >= 4 is 171 Å². The molecule has 12 amide bonds. The molecule has 8 rings (SSSR count). The van der Waals surface area contributed by atoms with Crippen LogP contribution in [0, 0.1) is 32.5 Å². The first-order valence-electron chi connectivity index (χ1n) is 41.6. The summed E-state index contributed by atoms with van der Waals surface area (Å²) in [5, 5.41) is 103. The molecule has 0 saturated carbocycles. The van der Waals surface area contributed by atoms with Gasteiger partial charge in [0, 0.05) is 45.8 Å². The molecule has 126 heavy (non-hydrogen) atoms. The molecule has 0 aromatic heterocycles. The van der Waals surface area contributed by atoms with Crippen LogP contribution in [0.4, 0.5) is 0 Å². The van der Waals surface area contributed by atoms with E-state index in [-0.39, 0.29) is 172 Å². The predicted molar refractivity (Wildman–Crippen MR) is 481 cm³/mol. The van der Waals surface area contributed by atoms with Gasteiger partial charge in [0.15, 0.2) is 35.8 Å². The average molecular weight is 1740 g/mol. The monoisotopic (exact) mass is 1740 g/mol. The number of guanidine groups is 6. The van der Waals surface area contributed by atoms with Gasteiger partial charge in [0.25, 0.3) is 0 Å². The zero-order valence-corrected chi connectivity index (χ0v) is 70.0. The van der Waals surface area contributed by atoms with E-state index in [2.05, 4.69) is 115 Å². The summed E-state index contributed by atoms with van der Waals surface area (Å²) >= 11 is 0. The van der Waals surface area contributed by atoms with Gasteiger partial charge < -0.3 is 131 Å². The van der Waals surface area contributed by atoms with Crippen LogP contribution in [0.25, 0.3) is 64.6 Å². The minimum absolute atomic E-state index is 0.0113. The van der Waals surface area contributed by atoms with Gasteiger partial charge in [-0.1, -0.05) is 109 Å². The first-order valence-corrected chi connectivity index (χ1v) is 41.6. The Labute approximate surface area is 725 Å². The molecule has 7 atom stereocenters. The zero-order valence-electron chi connectivity index (χ0n) is 70.0. The molecule has 0 radical (unpaired) electrons. The maximum absolute atomic E-state index is 14.5. The molecule has 42 heteroatoms. The summed E-state index contributed by atoms with van der Waals surface area (Å²) < 4.78 is 0. The molecule has 0 fully saturated rings. The van der Waals surface area contributed by atoms with Crippen molar-refractivity contribution < 1.29 is 57.5 Å². The number of unbranched alkanes of at least 4 members (excludes halogenated alkanes) is 1. The second-order valence-electron chi connectivity index (χ2n) is 30.5. The predicted octanol–water partition coefficient (Wildman–Crippen LogP) is -2.64. The minimum atomic E-state index is -1.47. The fourth-order valence-corrected chi connectivity index (χ4v) is 14.7. The van der Waals surface area contributed by atoms with Gasteiger partial charge in [-0.2, -0.15) is 0 Å². The molecule has 42 nitrogen and oxygen atoms in total. The third-order valence-corrected chi connectivity index (χ3v) is 20.9. The highest BCUT2D eigenvalue weighted by Gasteiger charge is 2.34. The van der Waals surface area contributed by atoms with E-state index < -0.39 is 139 Å². The maximum Gasteiger partial charge on any atom is 0.243 e. The van der Waals surface area contributed by atoms with Crippen molar-refractivity contribution in [1.29, 1.82) is 32.5 Å². The second-order valence-corrected chi connectivity index (χ2v) is 30.5. The quantitative estimate of drug-likeness (QED) is 0.00802. The number of primary amides is 1. The molecule has 674 valence electrons. The zero-order chi connectivity index (χ0) is 91.4. The number of hydrogen-bond acceptors (Lipinski definition) is 18. The number of rotatable bonds is 53. The van der Waals surface area contributed by atoms with Gasteiger partial charge in [0.1, 0.15) is 42.3 Å². The van der Waals surface area contributed by atoms with Crippen LogP contribution in [0.3, 0.4) is 0 Å². The van der Waals surface area contributed by atoms with E-state index in [1.165, 1.54) is 0 Å². The molecule has 0 heterocycles. The van der Waals surface area contributed by atoms with Crippen molar-refractivity contribution in [3.05, 3.63) is 120 Å². The lowest BCUT2D eigenvalue weighted by atomic mass is 9.91. The lowest BCUT2D eigenvalue weighted by Crippen LogP contribution is -2.58. The van der Waals surface area contributed by atoms with Crippen LogP contribution in [0.15, 0.2) is 109 Å². The lowest BCUT2D eigenvalue weighted by Gasteiger charge is -2.26. The number of amides is 12. The molecule has 0 saturated heterocycles. The van der Waals surface area contributed by atoms with Crippen LogP contribution in [0.5, 0.6) is 0 Å². The first kappa shape index (κ1) is 96.6. The van der Waals surface area contributed by atoms with E-state index in [0.717, 1.165) is 70.2 Å². The standard InChI is InChI=1S/C84H116N30O12/c85-72(120)56(15-1-2-34-98-63(115)41-52-28-26-50-24-22-46-11-3-13-48-30-32-54(52)70(50)68(46)48)110-76(124)60(19-8-38-102-82(92)93)114-78(126)62(21-10-40-104-84(96)97)113-75(123)59(18-7-37-101-81(90)91)109-67(119)45-106-65(117)43-105-66(118)44-107-73(121)57(16-5-35-99-79(86)87)111-77(125)61(20-9-39-103-83(94)95)112-74(122)58(17-6-36-100-80(88)89)108-64(116)42-53-29-27-51-25-23-47-12-4-14-49-31-33-55(53)71(51)69(47)49/h3-4,11-14,22-33,56-62H,1-2,5-10,15-21,34-45H2,(H2,85,120)(H,98,115)(H,105,118)(H,106,117)(H,107,121)(H,108,116)(H,109,119)(H,110,124)(H,111,125)(H,112,122)(H,113,123)(H,114,126)(H4,86,87,99)(H4,88,89,100)(H4,90,91,101)(H4,92,93,102)(H4,94,95,103)(H4,96,97,104)/t56-,57-,58-,59-,60-,61-,62-/m0/s1. The molecular weight excluding hydrogens is 1620 g/mol. The third kappa shape index (κ3) is 30.6. The molecule has 0 spiro atoms. The van der Waals surface area contributed by atoms with Crippen LogP contribution in [0.2, 0.25) is 0 Å². The SMILES string of the molecule is N=C(N)NCCC[C@H](NC(=O)Cc1ccc2ccc3cccc4ccc1c2c34)C(=O)N[C@@H](CCCNC(=N)N)C(=O)N[C@@H](CCCNC(=N)N)C(=O)NCC(=O)NCC(=O)NCC(=O)N[C@@H](CCCNC(=N)N)C(=O)N[C@@H](CCCNC(=N)N)C(=O)N[C@@H](CCCNC(=N)N)C(=O)N[C@@H](CCCCNC(=O)Cc1ccc2ccc3cccc4ccc1c2c34)C(N)=O. The fraction of sp³-hybridized carbons (Fsp3) is 0.405. The van der Waals surface area contributed by atoms with Gasteiger partial charge in [0.2, 0.25) is 70.9 Å². The topological polar surface area (TPSA) is 735 Å². The van der Waals surface area contributed by atoms with Crippen molar-refractivity contribution in [2.24, 2.45) is 40.1 Å². The van der Waals surface area contributed by atoms with Crippen molar-refractivity contribution in [2.45, 2.75) is 151 Å². The lowest BCUT2D eigenvalue weighted by molar-refractivity contribution is -0.134. The number of benzene rings is 8. The highest BCUT2D eigenvalue weighted by Crippen LogP contribution is 2.38. The van der Waals surface area contributed by atoms with Gasteiger partial charge in [-0.15, -0.1) is 0 Å². The molecule has 0 unspecified atom stereocenters. The summed E-state index contributed by atoms with van der Waals surface area (Å²) in [6.07, 6.45) is 0.906. The third-order valence-electron chi connectivity index (χ3n) is 20.9. The van der Waals surface area contributed by atoms with Crippen LogP contribution < -0.4 is 131 Å². The Hall–Kier alpha value is -14.9. The highest BCUT2D eigenvalue weighted by atomic mass is 16.2. The van der Waals surface area contributed by atoms with Crippen LogP contribution >= 0.6 is 0 Å². The van der Waals surface area contributed by atoms with Crippen molar-refractivity contribution in [3.63, 3.8) is 0 Å². The van der Waals surface area contributed by atoms with Gasteiger partial charge in [-0.25, -0.2) is 0 Å². The highest BCUT2D eigenvalue weighted by molar-refractivity contribution is 6.25. The van der Waals surface area contributed by atoms with Crippen LogP contribution in [-0.4, -0.2) is 214 Å². The van der Waals surface area contributed by atoms with E-state index in [4.69, 9.17) is 72.6 Å². The Morgan fingerprint density at radius 2 is 0.500 bits per heavy atom. The number of hydrogen-bond donors (Lipinski definition) is 30. The molecule has 0 bridgehead atoms. The van der Waals surface area contributed by atoms with E-state index in [1.54, 1.807) is 0 Å². The fourth-order valence-electron chi connectivity index (χ4n) is 14.7. The second kappa shape index (κ2) is 48.7. The molecule has 8 aromatic rings. The summed E-state index contributed by atoms with van der Waals surface area (Å²) in [5.74, 6) is -11.9. The summed E-state index contributed by atoms with van der Waals surface area (Å²) in [6, 6.07) is 26.4. The maximum atomic E-state index is 14.5. The van der Waals surface area contributed by atoms with Gasteiger partial charge in [-0.3, -0.25) is 90.0 Å². The summed E-state index contributed by atoms with van der Waals surface area (Å²) in [4.78, 5) is 167. The van der Waals surface area contributed by atoms with E-state index in [9.17, 15) is 57.5 Å². The average Bonchev–Trinajstić information content (AvgIpc) is 0.745. The Balaban J connectivity index is 0.856. The molecule has 0 aliphatic heterocycles. The van der Waals surface area contributed by atoms with E-state index in [1.807, 2.05) is 84.9 Å². The number of carbonyl (C=O) groups is 12. The van der Waals surface area contributed by atoms with Gasteiger partial charge >= 0.3 is 0 Å². The van der Waals surface area contributed by atoms with E-state index in [0.29, 0.717) is 18.4 Å². The van der Waals surface area contributed by atoms with Crippen LogP contribution in [-0.2, 0) is 70.4 Å². The Bertz CT molecular complexity index is 5230. The summed E-state index contributed by atoms with van der Waals surface area (Å²) in [7, 11) is 0. The van der Waals surface area contributed by atoms with Crippen LogP contribution in [0.1, 0.15) is 107 Å². The minimum Gasteiger partial charge on any atom is -0.370 e. The Morgan fingerprint density at radius 1 is 0.238 bits per heavy atom. The smallest absolute Gasteiger partial charge is 0.243 e. The molecule has 0 aliphatic rings. The first-order chi connectivity index (χ1) is 60.3. The summed E-state index contributed by atoms with van der Waals surface area (Å²) in [6.45, 7) is -1.64. The Morgan fingerprint density at radius 3 is 0.841 bits per heavy atom. The van der Waals surface area contributed by atoms with Crippen molar-refractivity contribution in [1.82, 2.24) is 90.4 Å². The van der Waals surface area contributed by atoms with Crippen molar-refractivity contribution in [2.75, 3.05) is 65.4 Å². The molecule has 37 N–H and O–H groups in total. The molecule has 0 aliphatic carbocycles. The number of carbonyl (C=O) groups excluding carboxylic acids is 12. The van der Waals surface area contributed by atoms with Gasteiger partial charge in [-0.05, 0) is 172 Å². The van der Waals surface area contributed by atoms with Gasteiger partial charge in [0.05, 0.1) is 32.5 Å². The number of nitrogens with one attached hydrogen (secondary N) is 23. The number of nitrogens with two attached hydrogens (primary N) is 7. The van der Waals surface area contributed by atoms with E-state index >= 15 is 0 Å². The molecule has 8 aromatic carbocycles. The Kier molecular flexibility index (Phi) is 37.3. The largest absolute Gasteiger partial charge is 0.370 e. The van der Waals surface area contributed by atoms with Crippen molar-refractivity contribution in [3.8, 4) is 0 Å².